The fourth-order valence-electron chi connectivity index (χ4n) is 3.59. The maximum atomic E-state index is 12.4. The summed E-state index contributed by atoms with van der Waals surface area (Å²) < 4.78 is 1.19. The maximum Gasteiger partial charge on any atom is 0.234 e. The smallest absolute Gasteiger partial charge is 0.234 e. The lowest BCUT2D eigenvalue weighted by molar-refractivity contribution is -0.123. The van der Waals surface area contributed by atoms with Crippen LogP contribution in [0.2, 0.25) is 0 Å². The number of thioether (sulfide) groups is 1. The van der Waals surface area contributed by atoms with Crippen LogP contribution in [0.1, 0.15) is 37.8 Å². The first kappa shape index (κ1) is 19.1. The highest BCUT2D eigenvalue weighted by atomic mass is 32.2. The van der Waals surface area contributed by atoms with Crippen molar-refractivity contribution in [2.75, 3.05) is 39.8 Å². The van der Waals surface area contributed by atoms with Crippen LogP contribution in [0.4, 0.5) is 0 Å². The molecule has 0 aromatic carbocycles. The summed E-state index contributed by atoms with van der Waals surface area (Å²) in [4.78, 5) is 21.6. The minimum absolute atomic E-state index is 0.205. The van der Waals surface area contributed by atoms with E-state index in [9.17, 15) is 4.79 Å². The van der Waals surface area contributed by atoms with E-state index in [1.165, 1.54) is 17.2 Å². The molecule has 0 radical (unpaired) electrons. The zero-order valence-corrected chi connectivity index (χ0v) is 17.0. The van der Waals surface area contributed by atoms with E-state index in [-0.39, 0.29) is 5.91 Å². The summed E-state index contributed by atoms with van der Waals surface area (Å²) in [6, 6.07) is 0.358. The molecule has 7 heteroatoms. The van der Waals surface area contributed by atoms with Crippen LogP contribution in [0.5, 0.6) is 0 Å². The molecule has 140 valence electrons. The summed E-state index contributed by atoms with van der Waals surface area (Å²) in [6.07, 6.45) is 5.68. The highest BCUT2D eigenvalue weighted by molar-refractivity contribution is 8.01. The van der Waals surface area contributed by atoms with Gasteiger partial charge in [-0.1, -0.05) is 11.8 Å². The largest absolute Gasteiger partial charge is 0.352 e. The number of hydrogen-bond donors (Lipinski definition) is 1. The van der Waals surface area contributed by atoms with E-state index in [4.69, 9.17) is 0 Å². The molecule has 5 nitrogen and oxygen atoms in total. The van der Waals surface area contributed by atoms with Crippen molar-refractivity contribution in [3.8, 4) is 0 Å². The van der Waals surface area contributed by atoms with Gasteiger partial charge in [0.15, 0.2) is 0 Å². The highest BCUT2D eigenvalue weighted by Gasteiger charge is 2.24. The molecule has 2 heterocycles. The van der Waals surface area contributed by atoms with Gasteiger partial charge in [0.05, 0.1) is 6.54 Å². The second kappa shape index (κ2) is 9.35. The molecule has 25 heavy (non-hydrogen) atoms. The van der Waals surface area contributed by atoms with Gasteiger partial charge in [-0.15, -0.1) is 11.3 Å². The van der Waals surface area contributed by atoms with E-state index in [0.29, 0.717) is 17.8 Å². The minimum Gasteiger partial charge on any atom is -0.352 e. The lowest BCUT2D eigenvalue weighted by Crippen LogP contribution is -2.44. The number of carbonyl (C=O) groups excluding carboxylic acids is 1. The van der Waals surface area contributed by atoms with Crippen molar-refractivity contribution in [3.05, 3.63) is 11.1 Å². The molecular weight excluding hydrogens is 352 g/mol. The number of nitrogens with zero attached hydrogens (tertiary/aromatic N) is 3. The first-order valence-electron chi connectivity index (χ1n) is 9.37. The number of nitrogens with one attached hydrogen (secondary N) is 1. The van der Waals surface area contributed by atoms with E-state index in [1.807, 2.05) is 11.8 Å². The summed E-state index contributed by atoms with van der Waals surface area (Å²) in [5, 5.41) is 6.04. The summed E-state index contributed by atoms with van der Waals surface area (Å²) in [5.74, 6) is 0.205. The van der Waals surface area contributed by atoms with Gasteiger partial charge in [-0.3, -0.25) is 9.69 Å². The Bertz CT molecular complexity index is 557. The molecule has 2 aliphatic rings. The standard InChI is InChI=1S/C18H30N4OS2/c1-14-13-24-18(19-14)25-16-6-4-15(5-7-16)20-17(23)12-22-9-3-8-21(2)10-11-22/h13,15-16H,3-12H2,1-2H3,(H,20,23). The van der Waals surface area contributed by atoms with E-state index < -0.39 is 0 Å². The summed E-state index contributed by atoms with van der Waals surface area (Å²) in [5.41, 5.74) is 1.12. The maximum absolute atomic E-state index is 12.4. The third-order valence-electron chi connectivity index (χ3n) is 5.08. The van der Waals surface area contributed by atoms with Crippen LogP contribution in [0.3, 0.4) is 0 Å². The first-order valence-corrected chi connectivity index (χ1v) is 11.1. The molecule has 0 atom stereocenters. The van der Waals surface area contributed by atoms with Crippen LogP contribution in [-0.4, -0.2) is 71.8 Å². The fourth-order valence-corrected chi connectivity index (χ4v) is 5.87. The Morgan fingerprint density at radius 2 is 2.08 bits per heavy atom. The SMILES string of the molecule is Cc1csc(SC2CCC(NC(=O)CN3CCCN(C)CC3)CC2)n1. The Kier molecular flexibility index (Phi) is 7.16. The number of rotatable bonds is 5. The Morgan fingerprint density at radius 3 is 2.80 bits per heavy atom. The lowest BCUT2D eigenvalue weighted by atomic mass is 9.95. The van der Waals surface area contributed by atoms with Crippen molar-refractivity contribution in [3.63, 3.8) is 0 Å². The predicted molar refractivity (Wildman–Crippen MR) is 105 cm³/mol. The van der Waals surface area contributed by atoms with Gasteiger partial charge in [0.25, 0.3) is 0 Å². The topological polar surface area (TPSA) is 48.5 Å². The van der Waals surface area contributed by atoms with E-state index in [1.54, 1.807) is 11.3 Å². The van der Waals surface area contributed by atoms with Gasteiger partial charge in [0, 0.05) is 35.5 Å². The molecule has 0 unspecified atom stereocenters. The normalized spacial score (nSPS) is 26.3. The molecule has 1 amide bonds. The van der Waals surface area contributed by atoms with E-state index in [2.05, 4.69) is 39.5 Å². The summed E-state index contributed by atoms with van der Waals surface area (Å²) in [6.45, 7) is 6.84. The first-order chi connectivity index (χ1) is 12.1. The van der Waals surface area contributed by atoms with Gasteiger partial charge >= 0.3 is 0 Å². The summed E-state index contributed by atoms with van der Waals surface area (Å²) in [7, 11) is 2.16. The van der Waals surface area contributed by atoms with Gasteiger partial charge in [-0.05, 0) is 59.2 Å². The second-order valence-electron chi connectivity index (χ2n) is 7.35. The molecule has 1 saturated carbocycles. The third kappa shape index (κ3) is 6.24. The number of aryl methyl sites for hydroxylation is 1. The molecular formula is C18H30N4OS2. The van der Waals surface area contributed by atoms with Gasteiger partial charge < -0.3 is 10.2 Å². The molecule has 0 bridgehead atoms. The van der Waals surface area contributed by atoms with Crippen molar-refractivity contribution in [2.45, 2.75) is 54.7 Å². The molecule has 1 saturated heterocycles. The van der Waals surface area contributed by atoms with Crippen LogP contribution in [0.25, 0.3) is 0 Å². The van der Waals surface area contributed by atoms with Crippen molar-refractivity contribution < 1.29 is 4.79 Å². The molecule has 1 aromatic heterocycles. The quantitative estimate of drug-likeness (QED) is 0.848. The molecule has 1 aromatic rings. The van der Waals surface area contributed by atoms with Crippen LogP contribution >= 0.6 is 23.1 Å². The zero-order valence-electron chi connectivity index (χ0n) is 15.4. The molecule has 1 aliphatic carbocycles. The third-order valence-corrected chi connectivity index (χ3v) is 7.51. The highest BCUT2D eigenvalue weighted by Crippen LogP contribution is 2.35. The molecule has 2 fully saturated rings. The lowest BCUT2D eigenvalue weighted by Gasteiger charge is -2.29. The van der Waals surface area contributed by atoms with E-state index >= 15 is 0 Å². The van der Waals surface area contributed by atoms with Crippen LogP contribution < -0.4 is 5.32 Å². The van der Waals surface area contributed by atoms with Crippen molar-refractivity contribution in [1.29, 1.82) is 0 Å². The monoisotopic (exact) mass is 382 g/mol. The average molecular weight is 383 g/mol. The molecule has 1 N–H and O–H groups in total. The van der Waals surface area contributed by atoms with Crippen molar-refractivity contribution in [1.82, 2.24) is 20.1 Å². The van der Waals surface area contributed by atoms with Gasteiger partial charge in [0.2, 0.25) is 5.91 Å². The van der Waals surface area contributed by atoms with E-state index in [0.717, 1.165) is 51.1 Å². The number of thiazole rings is 1. The van der Waals surface area contributed by atoms with Crippen LogP contribution in [0.15, 0.2) is 9.72 Å². The Balaban J connectivity index is 1.36. The molecule has 1 aliphatic heterocycles. The number of amides is 1. The van der Waals surface area contributed by atoms with Gasteiger partial charge in [-0.25, -0.2) is 4.98 Å². The Labute approximate surface area is 159 Å². The minimum atomic E-state index is 0.205. The summed E-state index contributed by atoms with van der Waals surface area (Å²) >= 11 is 3.67. The van der Waals surface area contributed by atoms with Crippen molar-refractivity contribution in [2.24, 2.45) is 0 Å². The van der Waals surface area contributed by atoms with Gasteiger partial charge in [0.1, 0.15) is 4.34 Å². The molecule has 3 rings (SSSR count). The number of carbonyl (C=O) groups is 1. The Morgan fingerprint density at radius 1 is 1.28 bits per heavy atom. The molecule has 0 spiro atoms. The van der Waals surface area contributed by atoms with Gasteiger partial charge in [-0.2, -0.15) is 0 Å². The van der Waals surface area contributed by atoms with Crippen LogP contribution in [0, 0.1) is 6.92 Å². The number of hydrogen-bond acceptors (Lipinski definition) is 6. The Hall–Kier alpha value is -0.630. The van der Waals surface area contributed by atoms with Crippen LogP contribution in [-0.2, 0) is 4.79 Å². The van der Waals surface area contributed by atoms with Crippen molar-refractivity contribution >= 4 is 29.0 Å². The number of aromatic nitrogens is 1. The number of likely N-dealkylation sites (N-methyl/N-ethyl adjacent to an activating group) is 1. The second-order valence-corrected chi connectivity index (χ2v) is 9.75. The average Bonchev–Trinajstić information content (AvgIpc) is 2.88. The predicted octanol–water partition coefficient (Wildman–Crippen LogP) is 2.61. The zero-order chi connectivity index (χ0) is 17.6. The fraction of sp³-hybridized carbons (Fsp3) is 0.778.